The summed E-state index contributed by atoms with van der Waals surface area (Å²) in [6, 6.07) is 0. The minimum absolute atomic E-state index is 0.114. The summed E-state index contributed by atoms with van der Waals surface area (Å²) in [6.07, 6.45) is 1.59. The van der Waals surface area contributed by atoms with E-state index in [1.165, 1.54) is 4.57 Å². The molecule has 0 aromatic carbocycles. The van der Waals surface area contributed by atoms with Crippen LogP contribution in [0.1, 0.15) is 5.69 Å². The van der Waals surface area contributed by atoms with Gasteiger partial charge in [-0.25, -0.2) is 13.4 Å². The standard InChI is InChI=1S/C5H7ClN2O2S/c1-4-3-8(2)5(7-4)11(6,9)10/h3H,1-2H3. The van der Waals surface area contributed by atoms with E-state index in [2.05, 4.69) is 4.98 Å². The Balaban J connectivity index is 3.36. The fourth-order valence-corrected chi connectivity index (χ4v) is 1.90. The van der Waals surface area contributed by atoms with Crippen LogP contribution in [-0.2, 0) is 16.1 Å². The van der Waals surface area contributed by atoms with Crippen LogP contribution in [0.4, 0.5) is 0 Å². The van der Waals surface area contributed by atoms with Crippen LogP contribution in [0.2, 0.25) is 0 Å². The molecule has 0 aliphatic rings. The van der Waals surface area contributed by atoms with Crippen LogP contribution >= 0.6 is 10.7 Å². The van der Waals surface area contributed by atoms with E-state index in [0.29, 0.717) is 5.69 Å². The highest BCUT2D eigenvalue weighted by Crippen LogP contribution is 2.12. The fourth-order valence-electron chi connectivity index (χ4n) is 0.821. The monoisotopic (exact) mass is 194 g/mol. The lowest BCUT2D eigenvalue weighted by atomic mass is 10.6. The van der Waals surface area contributed by atoms with E-state index in [1.807, 2.05) is 0 Å². The molecule has 4 nitrogen and oxygen atoms in total. The molecule has 0 fully saturated rings. The number of hydrogen-bond acceptors (Lipinski definition) is 3. The van der Waals surface area contributed by atoms with Crippen molar-refractivity contribution in [2.45, 2.75) is 12.1 Å². The van der Waals surface area contributed by atoms with Gasteiger partial charge in [-0.1, -0.05) is 0 Å². The Labute approximate surface area is 69.2 Å². The highest BCUT2D eigenvalue weighted by molar-refractivity contribution is 8.13. The van der Waals surface area contributed by atoms with E-state index in [9.17, 15) is 8.42 Å². The van der Waals surface area contributed by atoms with E-state index < -0.39 is 9.05 Å². The van der Waals surface area contributed by atoms with Crippen LogP contribution in [0.25, 0.3) is 0 Å². The van der Waals surface area contributed by atoms with Gasteiger partial charge in [0.15, 0.2) is 0 Å². The molecule has 1 aromatic heterocycles. The van der Waals surface area contributed by atoms with Crippen molar-refractivity contribution < 1.29 is 8.42 Å². The molecule has 0 aliphatic carbocycles. The van der Waals surface area contributed by atoms with Crippen molar-refractivity contribution in [3.8, 4) is 0 Å². The van der Waals surface area contributed by atoms with Gasteiger partial charge < -0.3 is 4.57 Å². The Kier molecular flexibility index (Phi) is 1.94. The summed E-state index contributed by atoms with van der Waals surface area (Å²) in [5.74, 6) is 0. The van der Waals surface area contributed by atoms with Gasteiger partial charge in [0.05, 0.1) is 5.69 Å². The van der Waals surface area contributed by atoms with Crippen LogP contribution < -0.4 is 0 Å². The summed E-state index contributed by atoms with van der Waals surface area (Å²) >= 11 is 0. The minimum Gasteiger partial charge on any atom is -0.324 e. The van der Waals surface area contributed by atoms with Gasteiger partial charge in [-0.3, -0.25) is 0 Å². The second kappa shape index (κ2) is 2.49. The summed E-state index contributed by atoms with van der Waals surface area (Å²) in [5.41, 5.74) is 0.631. The highest BCUT2D eigenvalue weighted by Gasteiger charge is 2.16. The van der Waals surface area contributed by atoms with Crippen LogP contribution in [-0.4, -0.2) is 18.0 Å². The minimum atomic E-state index is -3.69. The number of hydrogen-bond donors (Lipinski definition) is 0. The summed E-state index contributed by atoms with van der Waals surface area (Å²) in [4.78, 5) is 3.72. The number of imidazole rings is 1. The van der Waals surface area contributed by atoms with E-state index in [1.54, 1.807) is 20.2 Å². The molecular formula is C5H7ClN2O2S. The summed E-state index contributed by atoms with van der Waals surface area (Å²) in [7, 11) is 2.96. The average Bonchev–Trinajstić information content (AvgIpc) is 2.08. The molecule has 1 rings (SSSR count). The van der Waals surface area contributed by atoms with E-state index in [4.69, 9.17) is 10.7 Å². The third-order valence-electron chi connectivity index (χ3n) is 1.17. The lowest BCUT2D eigenvalue weighted by Crippen LogP contribution is -2.00. The van der Waals surface area contributed by atoms with Gasteiger partial charge in [-0.2, -0.15) is 0 Å². The molecule has 0 spiro atoms. The molecule has 0 unspecified atom stereocenters. The Morgan fingerprint density at radius 3 is 2.36 bits per heavy atom. The molecule has 0 N–H and O–H groups in total. The van der Waals surface area contributed by atoms with Crippen molar-refractivity contribution in [2.24, 2.45) is 7.05 Å². The molecule has 0 saturated heterocycles. The molecular weight excluding hydrogens is 188 g/mol. The molecule has 6 heteroatoms. The summed E-state index contributed by atoms with van der Waals surface area (Å²) in [6.45, 7) is 1.70. The Bertz CT molecular complexity index is 368. The predicted molar refractivity (Wildman–Crippen MR) is 41.0 cm³/mol. The summed E-state index contributed by atoms with van der Waals surface area (Å²) in [5, 5.41) is -0.114. The molecule has 62 valence electrons. The first-order valence-electron chi connectivity index (χ1n) is 2.86. The molecule has 0 amide bonds. The van der Waals surface area contributed by atoms with Gasteiger partial charge in [-0.05, 0) is 6.92 Å². The van der Waals surface area contributed by atoms with Crippen LogP contribution in [0, 0.1) is 6.92 Å². The number of nitrogens with zero attached hydrogens (tertiary/aromatic N) is 2. The maximum atomic E-state index is 10.7. The fraction of sp³-hybridized carbons (Fsp3) is 0.400. The summed E-state index contributed by atoms with van der Waals surface area (Å²) < 4.78 is 22.9. The largest absolute Gasteiger partial charge is 0.324 e. The van der Waals surface area contributed by atoms with Crippen molar-refractivity contribution in [3.05, 3.63) is 11.9 Å². The van der Waals surface area contributed by atoms with Crippen molar-refractivity contribution >= 4 is 19.7 Å². The lowest BCUT2D eigenvalue weighted by Gasteiger charge is -1.93. The number of rotatable bonds is 1. The lowest BCUT2D eigenvalue weighted by molar-refractivity contribution is 0.593. The predicted octanol–water partition coefficient (Wildman–Crippen LogP) is 0.656. The zero-order valence-electron chi connectivity index (χ0n) is 6.07. The van der Waals surface area contributed by atoms with Crippen LogP contribution in [0.3, 0.4) is 0 Å². The highest BCUT2D eigenvalue weighted by atomic mass is 35.7. The normalized spacial score (nSPS) is 11.9. The zero-order chi connectivity index (χ0) is 8.65. The zero-order valence-corrected chi connectivity index (χ0v) is 7.65. The third kappa shape index (κ3) is 1.72. The van der Waals surface area contributed by atoms with Gasteiger partial charge in [0.25, 0.3) is 9.05 Å². The topological polar surface area (TPSA) is 52.0 Å². The maximum absolute atomic E-state index is 10.7. The van der Waals surface area contributed by atoms with Crippen LogP contribution in [0.5, 0.6) is 0 Å². The second-order valence-corrected chi connectivity index (χ2v) is 4.67. The molecule has 0 bridgehead atoms. The smallest absolute Gasteiger partial charge is 0.295 e. The average molecular weight is 195 g/mol. The maximum Gasteiger partial charge on any atom is 0.295 e. The molecule has 0 aliphatic heterocycles. The Hall–Kier alpha value is -0.550. The van der Waals surface area contributed by atoms with Gasteiger partial charge in [0, 0.05) is 23.9 Å². The van der Waals surface area contributed by atoms with Gasteiger partial charge >= 0.3 is 0 Å². The number of aryl methyl sites for hydroxylation is 2. The molecule has 1 heterocycles. The molecule has 11 heavy (non-hydrogen) atoms. The third-order valence-corrected chi connectivity index (χ3v) is 2.40. The first-order valence-corrected chi connectivity index (χ1v) is 5.17. The SMILES string of the molecule is Cc1cn(C)c(S(=O)(=O)Cl)n1. The van der Waals surface area contributed by atoms with Crippen molar-refractivity contribution in [3.63, 3.8) is 0 Å². The van der Waals surface area contributed by atoms with E-state index in [0.717, 1.165) is 0 Å². The van der Waals surface area contributed by atoms with Gasteiger partial charge in [-0.15, -0.1) is 0 Å². The Morgan fingerprint density at radius 2 is 2.18 bits per heavy atom. The molecule has 1 aromatic rings. The first kappa shape index (κ1) is 8.55. The molecule has 0 radical (unpaired) electrons. The number of halogens is 1. The molecule has 0 saturated carbocycles. The van der Waals surface area contributed by atoms with Crippen LogP contribution in [0.15, 0.2) is 11.4 Å². The van der Waals surface area contributed by atoms with Crippen molar-refractivity contribution in [2.75, 3.05) is 0 Å². The van der Waals surface area contributed by atoms with E-state index in [-0.39, 0.29) is 5.16 Å². The first-order chi connectivity index (χ1) is 4.91. The molecule has 0 atom stereocenters. The quantitative estimate of drug-likeness (QED) is 0.617. The van der Waals surface area contributed by atoms with E-state index >= 15 is 0 Å². The van der Waals surface area contributed by atoms with Gasteiger partial charge in [0.2, 0.25) is 5.16 Å². The number of aromatic nitrogens is 2. The van der Waals surface area contributed by atoms with Crippen molar-refractivity contribution in [1.82, 2.24) is 9.55 Å². The van der Waals surface area contributed by atoms with Gasteiger partial charge in [0.1, 0.15) is 0 Å². The Morgan fingerprint density at radius 1 is 1.64 bits per heavy atom. The van der Waals surface area contributed by atoms with Crippen molar-refractivity contribution in [1.29, 1.82) is 0 Å². The second-order valence-electron chi connectivity index (χ2n) is 2.21.